The van der Waals surface area contributed by atoms with Crippen molar-refractivity contribution < 1.29 is 12.8 Å². The molecule has 2 aromatic heterocycles. The van der Waals surface area contributed by atoms with Crippen molar-refractivity contribution in [3.63, 3.8) is 0 Å². The van der Waals surface area contributed by atoms with E-state index in [4.69, 9.17) is 10.2 Å². The number of hydrogen-bond donors (Lipinski definition) is 2. The molecule has 0 radical (unpaired) electrons. The van der Waals surface area contributed by atoms with Gasteiger partial charge in [-0.05, 0) is 32.9 Å². The molecule has 0 spiro atoms. The molecule has 0 aromatic carbocycles. The van der Waals surface area contributed by atoms with Crippen LogP contribution >= 0.6 is 0 Å². The quantitative estimate of drug-likeness (QED) is 0.897. The molecule has 0 saturated carbocycles. The molecule has 0 saturated heterocycles. The summed E-state index contributed by atoms with van der Waals surface area (Å²) in [5.41, 5.74) is 7.35. The number of anilines is 1. The standard InChI is InChI=1S/C13H17N3O3S/c1-8-4-5-12(9(2)15-8)16-20(17,18)13-6-11(7-14)19-10(13)3/h4-6,16H,7,14H2,1-3H3. The van der Waals surface area contributed by atoms with Gasteiger partial charge in [0.05, 0.1) is 17.9 Å². The molecule has 2 heterocycles. The Labute approximate surface area is 118 Å². The minimum Gasteiger partial charge on any atom is -0.464 e. The molecule has 20 heavy (non-hydrogen) atoms. The maximum absolute atomic E-state index is 12.3. The van der Waals surface area contributed by atoms with Crippen molar-refractivity contribution >= 4 is 15.7 Å². The van der Waals surface area contributed by atoms with E-state index in [2.05, 4.69) is 9.71 Å². The number of sulfonamides is 1. The predicted molar refractivity (Wildman–Crippen MR) is 75.9 cm³/mol. The summed E-state index contributed by atoms with van der Waals surface area (Å²) in [6.07, 6.45) is 0. The Morgan fingerprint density at radius 2 is 2.00 bits per heavy atom. The Hall–Kier alpha value is -1.86. The zero-order valence-corrected chi connectivity index (χ0v) is 12.4. The van der Waals surface area contributed by atoms with Crippen LogP contribution in [0.5, 0.6) is 0 Å². The Bertz CT molecular complexity index is 735. The second-order valence-corrected chi connectivity index (χ2v) is 6.18. The van der Waals surface area contributed by atoms with Gasteiger partial charge in [0, 0.05) is 11.8 Å². The molecule has 3 N–H and O–H groups in total. The summed E-state index contributed by atoms with van der Waals surface area (Å²) in [5, 5.41) is 0. The number of aryl methyl sites for hydroxylation is 3. The first kappa shape index (κ1) is 14.5. The van der Waals surface area contributed by atoms with Crippen LogP contribution in [0, 0.1) is 20.8 Å². The Morgan fingerprint density at radius 3 is 2.55 bits per heavy atom. The van der Waals surface area contributed by atoms with Gasteiger partial charge < -0.3 is 10.2 Å². The summed E-state index contributed by atoms with van der Waals surface area (Å²) in [4.78, 5) is 4.32. The topological polar surface area (TPSA) is 98.2 Å². The zero-order valence-electron chi connectivity index (χ0n) is 11.6. The second-order valence-electron chi connectivity index (χ2n) is 4.53. The third-order valence-electron chi connectivity index (χ3n) is 2.88. The summed E-state index contributed by atoms with van der Waals surface area (Å²) in [7, 11) is -3.71. The summed E-state index contributed by atoms with van der Waals surface area (Å²) in [6.45, 7) is 5.34. The van der Waals surface area contributed by atoms with E-state index in [1.54, 1.807) is 26.0 Å². The molecule has 2 aromatic rings. The normalized spacial score (nSPS) is 11.6. The Balaban J connectivity index is 2.38. The third-order valence-corrected chi connectivity index (χ3v) is 4.36. The highest BCUT2D eigenvalue weighted by Crippen LogP contribution is 2.23. The number of nitrogens with one attached hydrogen (secondary N) is 1. The van der Waals surface area contributed by atoms with Gasteiger partial charge in [0.1, 0.15) is 16.4 Å². The molecular formula is C13H17N3O3S. The average Bonchev–Trinajstić information content (AvgIpc) is 2.75. The molecule has 0 unspecified atom stereocenters. The van der Waals surface area contributed by atoms with Gasteiger partial charge in [-0.1, -0.05) is 0 Å². The lowest BCUT2D eigenvalue weighted by Gasteiger charge is -2.09. The van der Waals surface area contributed by atoms with E-state index in [1.165, 1.54) is 6.07 Å². The fourth-order valence-corrected chi connectivity index (χ4v) is 3.21. The van der Waals surface area contributed by atoms with E-state index in [1.807, 2.05) is 6.92 Å². The van der Waals surface area contributed by atoms with Crippen LogP contribution in [0.4, 0.5) is 5.69 Å². The van der Waals surface area contributed by atoms with Gasteiger partial charge in [-0.15, -0.1) is 0 Å². The number of nitrogens with zero attached hydrogens (tertiary/aromatic N) is 1. The number of rotatable bonds is 4. The molecule has 0 amide bonds. The molecular weight excluding hydrogens is 278 g/mol. The van der Waals surface area contributed by atoms with Gasteiger partial charge in [-0.25, -0.2) is 8.42 Å². The van der Waals surface area contributed by atoms with Crippen molar-refractivity contribution in [1.29, 1.82) is 0 Å². The molecule has 0 fully saturated rings. The van der Waals surface area contributed by atoms with E-state index in [0.29, 0.717) is 22.9 Å². The molecule has 0 bridgehead atoms. The van der Waals surface area contributed by atoms with Crippen LogP contribution in [0.15, 0.2) is 27.5 Å². The van der Waals surface area contributed by atoms with Crippen LogP contribution in [-0.4, -0.2) is 13.4 Å². The molecule has 2 rings (SSSR count). The first-order valence-corrected chi connectivity index (χ1v) is 7.58. The van der Waals surface area contributed by atoms with Crippen molar-refractivity contribution in [3.05, 3.63) is 41.1 Å². The van der Waals surface area contributed by atoms with E-state index in [0.717, 1.165) is 5.69 Å². The van der Waals surface area contributed by atoms with Gasteiger partial charge in [0.15, 0.2) is 0 Å². The second kappa shape index (κ2) is 5.26. The minimum absolute atomic E-state index is 0.0953. The Morgan fingerprint density at radius 1 is 1.30 bits per heavy atom. The number of aromatic nitrogens is 1. The maximum Gasteiger partial charge on any atom is 0.265 e. The lowest BCUT2D eigenvalue weighted by atomic mass is 10.3. The summed E-state index contributed by atoms with van der Waals surface area (Å²) < 4.78 is 32.5. The third kappa shape index (κ3) is 2.83. The number of furan rings is 1. The summed E-state index contributed by atoms with van der Waals surface area (Å²) in [6, 6.07) is 4.88. The van der Waals surface area contributed by atoms with Gasteiger partial charge in [0.2, 0.25) is 0 Å². The number of pyridine rings is 1. The number of hydrogen-bond acceptors (Lipinski definition) is 5. The van der Waals surface area contributed by atoms with Crippen molar-refractivity contribution in [2.75, 3.05) is 4.72 Å². The van der Waals surface area contributed by atoms with Gasteiger partial charge in [-0.2, -0.15) is 0 Å². The summed E-state index contributed by atoms with van der Waals surface area (Å²) >= 11 is 0. The number of nitrogens with two attached hydrogens (primary N) is 1. The minimum atomic E-state index is -3.71. The highest BCUT2D eigenvalue weighted by molar-refractivity contribution is 7.92. The lowest BCUT2D eigenvalue weighted by Crippen LogP contribution is -2.14. The largest absolute Gasteiger partial charge is 0.464 e. The van der Waals surface area contributed by atoms with Crippen LogP contribution < -0.4 is 10.5 Å². The smallest absolute Gasteiger partial charge is 0.265 e. The highest BCUT2D eigenvalue weighted by Gasteiger charge is 2.22. The molecule has 108 valence electrons. The molecule has 6 nitrogen and oxygen atoms in total. The van der Waals surface area contributed by atoms with Crippen molar-refractivity contribution in [1.82, 2.24) is 4.98 Å². The monoisotopic (exact) mass is 295 g/mol. The van der Waals surface area contributed by atoms with Gasteiger partial charge in [-0.3, -0.25) is 9.71 Å². The van der Waals surface area contributed by atoms with Crippen LogP contribution in [0.2, 0.25) is 0 Å². The van der Waals surface area contributed by atoms with Crippen LogP contribution in [0.1, 0.15) is 22.9 Å². The first-order valence-electron chi connectivity index (χ1n) is 6.10. The van der Waals surface area contributed by atoms with Crippen molar-refractivity contribution in [3.8, 4) is 0 Å². The average molecular weight is 295 g/mol. The van der Waals surface area contributed by atoms with Crippen molar-refractivity contribution in [2.45, 2.75) is 32.2 Å². The predicted octanol–water partition coefficient (Wildman–Crippen LogP) is 1.86. The van der Waals surface area contributed by atoms with Gasteiger partial charge >= 0.3 is 0 Å². The van der Waals surface area contributed by atoms with E-state index in [9.17, 15) is 8.42 Å². The van der Waals surface area contributed by atoms with E-state index < -0.39 is 10.0 Å². The highest BCUT2D eigenvalue weighted by atomic mass is 32.2. The van der Waals surface area contributed by atoms with Crippen LogP contribution in [0.25, 0.3) is 0 Å². The Kier molecular flexibility index (Phi) is 3.82. The molecule has 0 aliphatic carbocycles. The molecule has 0 aliphatic heterocycles. The molecule has 0 aliphatic rings. The fourth-order valence-electron chi connectivity index (χ4n) is 1.89. The molecule has 0 atom stereocenters. The van der Waals surface area contributed by atoms with Crippen molar-refractivity contribution in [2.24, 2.45) is 5.73 Å². The molecule has 7 heteroatoms. The summed E-state index contributed by atoms with van der Waals surface area (Å²) in [5.74, 6) is 0.748. The maximum atomic E-state index is 12.3. The zero-order chi connectivity index (χ0) is 14.9. The SMILES string of the molecule is Cc1ccc(NS(=O)(=O)c2cc(CN)oc2C)c(C)n1. The van der Waals surface area contributed by atoms with E-state index >= 15 is 0 Å². The lowest BCUT2D eigenvalue weighted by molar-refractivity contribution is 0.479. The fraction of sp³-hybridized carbons (Fsp3) is 0.308. The van der Waals surface area contributed by atoms with E-state index in [-0.39, 0.29) is 11.4 Å². The first-order chi connectivity index (χ1) is 9.33. The van der Waals surface area contributed by atoms with Crippen LogP contribution in [-0.2, 0) is 16.6 Å². The van der Waals surface area contributed by atoms with Gasteiger partial charge in [0.25, 0.3) is 10.0 Å². The van der Waals surface area contributed by atoms with Crippen LogP contribution in [0.3, 0.4) is 0 Å².